The lowest BCUT2D eigenvalue weighted by atomic mass is 9.83. The third kappa shape index (κ3) is 3.28. The summed E-state index contributed by atoms with van der Waals surface area (Å²) >= 11 is 0. The van der Waals surface area contributed by atoms with Gasteiger partial charge in [-0.3, -0.25) is 0 Å². The molecule has 3 nitrogen and oxygen atoms in total. The molecule has 0 saturated carbocycles. The largest absolute Gasteiger partial charge is 0.303 e. The number of nitriles is 1. The van der Waals surface area contributed by atoms with Gasteiger partial charge < -0.3 is 9.80 Å². The van der Waals surface area contributed by atoms with E-state index in [9.17, 15) is 5.26 Å². The van der Waals surface area contributed by atoms with Gasteiger partial charge in [-0.2, -0.15) is 5.26 Å². The minimum absolute atomic E-state index is 0.00377. The third-order valence-corrected chi connectivity index (χ3v) is 5.23. The van der Waals surface area contributed by atoms with E-state index >= 15 is 0 Å². The van der Waals surface area contributed by atoms with Crippen LogP contribution in [0.5, 0.6) is 0 Å². The smallest absolute Gasteiger partial charge is 0.0839 e. The molecule has 3 heteroatoms. The van der Waals surface area contributed by atoms with Crippen molar-refractivity contribution in [2.75, 3.05) is 33.2 Å². The molecule has 2 aliphatic heterocycles. The van der Waals surface area contributed by atoms with Crippen molar-refractivity contribution in [2.45, 2.75) is 31.2 Å². The summed E-state index contributed by atoms with van der Waals surface area (Å²) in [5.74, 6) is 0.802. The quantitative estimate of drug-likeness (QED) is 0.854. The summed E-state index contributed by atoms with van der Waals surface area (Å²) in [5.41, 5.74) is 1.16. The summed E-state index contributed by atoms with van der Waals surface area (Å²) in [6.45, 7) is 4.44. The summed E-state index contributed by atoms with van der Waals surface area (Å²) in [5, 5.41) is 9.50. The molecule has 3 rings (SSSR count). The fourth-order valence-corrected chi connectivity index (χ4v) is 4.06. The Labute approximate surface area is 128 Å². The lowest BCUT2D eigenvalue weighted by Crippen LogP contribution is -2.53. The van der Waals surface area contributed by atoms with Gasteiger partial charge in [-0.1, -0.05) is 30.3 Å². The maximum Gasteiger partial charge on any atom is 0.0839 e. The maximum absolute atomic E-state index is 9.50. The van der Waals surface area contributed by atoms with Gasteiger partial charge in [-0.05, 0) is 50.9 Å². The molecule has 3 atom stereocenters. The molecule has 0 spiro atoms. The van der Waals surface area contributed by atoms with Gasteiger partial charge in [0.1, 0.15) is 0 Å². The number of benzene rings is 1. The molecule has 2 heterocycles. The highest BCUT2D eigenvalue weighted by atomic mass is 15.2. The first-order valence-corrected chi connectivity index (χ1v) is 8.15. The Morgan fingerprint density at radius 1 is 1.24 bits per heavy atom. The first-order valence-electron chi connectivity index (χ1n) is 8.15. The Balaban J connectivity index is 1.62. The molecule has 3 unspecified atom stereocenters. The molecule has 0 radical (unpaired) electrons. The topological polar surface area (TPSA) is 30.3 Å². The molecule has 0 amide bonds. The first-order chi connectivity index (χ1) is 10.3. The third-order valence-electron chi connectivity index (χ3n) is 5.23. The van der Waals surface area contributed by atoms with Gasteiger partial charge in [0.05, 0.1) is 12.0 Å². The summed E-state index contributed by atoms with van der Waals surface area (Å²) < 4.78 is 0. The van der Waals surface area contributed by atoms with E-state index in [0.29, 0.717) is 0 Å². The second-order valence-corrected chi connectivity index (χ2v) is 6.59. The van der Waals surface area contributed by atoms with E-state index in [4.69, 9.17) is 0 Å². The van der Waals surface area contributed by atoms with Crippen molar-refractivity contribution in [1.29, 1.82) is 5.26 Å². The van der Waals surface area contributed by atoms with Crippen LogP contribution in [-0.2, 0) is 0 Å². The van der Waals surface area contributed by atoms with E-state index in [2.05, 4.69) is 35.0 Å². The number of likely N-dealkylation sites (tertiary alicyclic amines) is 2. The highest BCUT2D eigenvalue weighted by Gasteiger charge is 2.34. The maximum atomic E-state index is 9.50. The summed E-state index contributed by atoms with van der Waals surface area (Å²) in [6.07, 6.45) is 3.94. The zero-order valence-corrected chi connectivity index (χ0v) is 12.9. The Morgan fingerprint density at radius 3 is 2.81 bits per heavy atom. The van der Waals surface area contributed by atoms with Gasteiger partial charge in [0.15, 0.2) is 0 Å². The standard InChI is InChI=1S/C18H25N3/c1-20-10-5-8-16-13-21(11-9-18(16)20)14-17(12-19)15-6-3-2-4-7-15/h2-4,6-7,16-18H,5,8-11,13-14H2,1H3. The molecule has 1 aromatic carbocycles. The molecular formula is C18H25N3. The first kappa shape index (κ1) is 14.6. The molecule has 1 aromatic rings. The SMILES string of the molecule is CN1CCCC2CN(CC(C#N)c3ccccc3)CCC21. The average molecular weight is 283 g/mol. The van der Waals surface area contributed by atoms with E-state index in [-0.39, 0.29) is 5.92 Å². The fourth-order valence-electron chi connectivity index (χ4n) is 4.06. The van der Waals surface area contributed by atoms with Crippen LogP contribution >= 0.6 is 0 Å². The van der Waals surface area contributed by atoms with Gasteiger partial charge in [0.2, 0.25) is 0 Å². The summed E-state index contributed by atoms with van der Waals surface area (Å²) in [4.78, 5) is 5.06. The summed E-state index contributed by atoms with van der Waals surface area (Å²) in [7, 11) is 2.27. The normalized spacial score (nSPS) is 28.6. The van der Waals surface area contributed by atoms with E-state index < -0.39 is 0 Å². The van der Waals surface area contributed by atoms with Crippen LogP contribution < -0.4 is 0 Å². The van der Waals surface area contributed by atoms with Crippen LogP contribution in [0.4, 0.5) is 0 Å². The predicted molar refractivity (Wildman–Crippen MR) is 85.0 cm³/mol. The molecule has 2 saturated heterocycles. The van der Waals surface area contributed by atoms with E-state index in [1.807, 2.05) is 18.2 Å². The highest BCUT2D eigenvalue weighted by molar-refractivity contribution is 5.25. The molecule has 0 N–H and O–H groups in total. The van der Waals surface area contributed by atoms with Crippen LogP contribution in [0.2, 0.25) is 0 Å². The molecule has 112 valence electrons. The van der Waals surface area contributed by atoms with Crippen molar-refractivity contribution in [3.63, 3.8) is 0 Å². The minimum Gasteiger partial charge on any atom is -0.303 e. The Hall–Kier alpha value is -1.37. The van der Waals surface area contributed by atoms with Gasteiger partial charge in [-0.25, -0.2) is 0 Å². The lowest BCUT2D eigenvalue weighted by molar-refractivity contribution is 0.0379. The number of fused-ring (bicyclic) bond motifs is 1. The molecule has 0 aromatic heterocycles. The zero-order valence-electron chi connectivity index (χ0n) is 12.9. The summed E-state index contributed by atoms with van der Waals surface area (Å²) in [6, 6.07) is 13.5. The van der Waals surface area contributed by atoms with Crippen molar-refractivity contribution >= 4 is 0 Å². The lowest BCUT2D eigenvalue weighted by Gasteiger charge is -2.46. The molecule has 0 aliphatic carbocycles. The Bertz CT molecular complexity index is 493. The zero-order chi connectivity index (χ0) is 14.7. The van der Waals surface area contributed by atoms with Gasteiger partial charge in [0, 0.05) is 19.1 Å². The van der Waals surface area contributed by atoms with Crippen LogP contribution in [-0.4, -0.2) is 49.1 Å². The minimum atomic E-state index is 0.00377. The Morgan fingerprint density at radius 2 is 2.05 bits per heavy atom. The van der Waals surface area contributed by atoms with Gasteiger partial charge >= 0.3 is 0 Å². The molecule has 2 aliphatic rings. The predicted octanol–water partition coefficient (Wildman–Crippen LogP) is 2.71. The number of rotatable bonds is 3. The molecule has 0 bridgehead atoms. The van der Waals surface area contributed by atoms with Crippen molar-refractivity contribution in [3.8, 4) is 6.07 Å². The van der Waals surface area contributed by atoms with Crippen LogP contribution in [0.25, 0.3) is 0 Å². The number of hydrogen-bond acceptors (Lipinski definition) is 3. The van der Waals surface area contributed by atoms with E-state index in [1.165, 1.54) is 32.4 Å². The molecule has 21 heavy (non-hydrogen) atoms. The van der Waals surface area contributed by atoms with Crippen LogP contribution in [0.3, 0.4) is 0 Å². The van der Waals surface area contributed by atoms with Gasteiger partial charge in [-0.15, -0.1) is 0 Å². The molecule has 2 fully saturated rings. The number of nitrogens with zero attached hydrogens (tertiary/aromatic N) is 3. The van der Waals surface area contributed by atoms with Crippen molar-refractivity contribution in [1.82, 2.24) is 9.80 Å². The number of piperidine rings is 2. The second kappa shape index (κ2) is 6.60. The van der Waals surface area contributed by atoms with Crippen molar-refractivity contribution < 1.29 is 0 Å². The van der Waals surface area contributed by atoms with Gasteiger partial charge in [0.25, 0.3) is 0 Å². The van der Waals surface area contributed by atoms with E-state index in [1.54, 1.807) is 0 Å². The molecular weight excluding hydrogens is 258 g/mol. The van der Waals surface area contributed by atoms with Crippen LogP contribution in [0.15, 0.2) is 30.3 Å². The number of hydrogen-bond donors (Lipinski definition) is 0. The monoisotopic (exact) mass is 283 g/mol. The Kier molecular flexibility index (Phi) is 4.57. The second-order valence-electron chi connectivity index (χ2n) is 6.59. The average Bonchev–Trinajstić information content (AvgIpc) is 2.53. The van der Waals surface area contributed by atoms with Crippen LogP contribution in [0.1, 0.15) is 30.7 Å². The fraction of sp³-hybridized carbons (Fsp3) is 0.611. The van der Waals surface area contributed by atoms with Crippen molar-refractivity contribution in [3.05, 3.63) is 35.9 Å². The van der Waals surface area contributed by atoms with E-state index in [0.717, 1.165) is 30.6 Å². The van der Waals surface area contributed by atoms with Crippen molar-refractivity contribution in [2.24, 2.45) is 5.92 Å². The highest BCUT2D eigenvalue weighted by Crippen LogP contribution is 2.30. The van der Waals surface area contributed by atoms with Crippen LogP contribution in [0, 0.1) is 17.2 Å².